The maximum atomic E-state index is 11.8. The van der Waals surface area contributed by atoms with Crippen LogP contribution in [0.25, 0.3) is 21.9 Å². The Labute approximate surface area is 189 Å². The summed E-state index contributed by atoms with van der Waals surface area (Å²) in [6.45, 7) is 2.32. The molecule has 33 heavy (non-hydrogen) atoms. The second kappa shape index (κ2) is 10.1. The average molecular weight is 445 g/mol. The van der Waals surface area contributed by atoms with Crippen molar-refractivity contribution < 1.29 is 14.3 Å². The van der Waals surface area contributed by atoms with Gasteiger partial charge >= 0.3 is 5.97 Å². The first-order valence-corrected chi connectivity index (χ1v) is 10.6. The van der Waals surface area contributed by atoms with Crippen molar-refractivity contribution in [2.45, 2.75) is 25.8 Å². The van der Waals surface area contributed by atoms with Crippen molar-refractivity contribution in [3.8, 4) is 6.07 Å². The molecular formula is C24H23N5O4. The van der Waals surface area contributed by atoms with E-state index in [0.29, 0.717) is 23.4 Å². The second-order valence-electron chi connectivity index (χ2n) is 7.61. The topological polar surface area (TPSA) is 123 Å². The standard InChI is InChI=1S/C19H13N5O3.C5H10O/c1-27-19(26)13-9-24(5-4-16(13)25)10-17-22-15-8-21-14-3-2-11(7-20)6-12(14)18(15)23-17;1-2-4-6-5-3-1/h2-6,8-9H,10H2,1H3,(H,22,23);1-5H2. The fourth-order valence-electron chi connectivity index (χ4n) is 3.60. The minimum absolute atomic E-state index is 0.0399. The van der Waals surface area contributed by atoms with Gasteiger partial charge < -0.3 is 19.0 Å². The van der Waals surface area contributed by atoms with E-state index in [1.54, 1.807) is 35.2 Å². The molecule has 0 bridgehead atoms. The molecule has 1 aromatic carbocycles. The van der Waals surface area contributed by atoms with Crippen LogP contribution in [-0.2, 0) is 16.0 Å². The molecule has 4 aromatic rings. The first-order valence-electron chi connectivity index (χ1n) is 10.6. The molecule has 1 saturated heterocycles. The summed E-state index contributed by atoms with van der Waals surface area (Å²) in [6, 6.07) is 8.67. The van der Waals surface area contributed by atoms with Crippen LogP contribution in [0.1, 0.15) is 41.0 Å². The zero-order chi connectivity index (χ0) is 23.2. The van der Waals surface area contributed by atoms with Gasteiger partial charge in [0.25, 0.3) is 0 Å². The van der Waals surface area contributed by atoms with E-state index in [9.17, 15) is 9.59 Å². The van der Waals surface area contributed by atoms with Gasteiger partial charge in [-0.25, -0.2) is 9.78 Å². The zero-order valence-corrected chi connectivity index (χ0v) is 18.2. The number of hydrogen-bond acceptors (Lipinski definition) is 7. The Kier molecular flexibility index (Phi) is 6.76. The van der Waals surface area contributed by atoms with Gasteiger partial charge in [-0.05, 0) is 37.5 Å². The number of H-pyrrole nitrogens is 1. The molecule has 1 aliphatic heterocycles. The molecule has 0 aliphatic carbocycles. The first kappa shape index (κ1) is 22.2. The van der Waals surface area contributed by atoms with Crippen molar-refractivity contribution in [2.24, 2.45) is 0 Å². The molecule has 0 unspecified atom stereocenters. The number of esters is 1. The van der Waals surface area contributed by atoms with Gasteiger partial charge in [0.15, 0.2) is 5.43 Å². The number of nitrogens with one attached hydrogen (secondary N) is 1. The average Bonchev–Trinajstić information content (AvgIpc) is 3.29. The van der Waals surface area contributed by atoms with Crippen LogP contribution in [0.5, 0.6) is 0 Å². The van der Waals surface area contributed by atoms with E-state index < -0.39 is 11.4 Å². The number of aromatic amines is 1. The Bertz CT molecular complexity index is 1380. The third-order valence-electron chi connectivity index (χ3n) is 5.29. The van der Waals surface area contributed by atoms with Crippen LogP contribution in [0.2, 0.25) is 0 Å². The number of carbonyl (C=O) groups excluding carboxylic acids is 1. The number of nitrogens with zero attached hydrogens (tertiary/aromatic N) is 4. The van der Waals surface area contributed by atoms with Crippen LogP contribution in [0.15, 0.2) is 47.7 Å². The lowest BCUT2D eigenvalue weighted by molar-refractivity contribution is 0.0598. The van der Waals surface area contributed by atoms with Crippen molar-refractivity contribution in [1.82, 2.24) is 19.5 Å². The van der Waals surface area contributed by atoms with Crippen LogP contribution in [0.4, 0.5) is 0 Å². The van der Waals surface area contributed by atoms with Gasteiger partial charge in [-0.2, -0.15) is 5.26 Å². The summed E-state index contributed by atoms with van der Waals surface area (Å²) >= 11 is 0. The number of pyridine rings is 2. The number of ether oxygens (including phenoxy) is 2. The minimum atomic E-state index is -0.682. The summed E-state index contributed by atoms with van der Waals surface area (Å²) in [5, 5.41) is 9.90. The highest BCUT2D eigenvalue weighted by Gasteiger charge is 2.13. The number of nitriles is 1. The van der Waals surface area contributed by atoms with Crippen LogP contribution in [-0.4, -0.2) is 45.8 Å². The number of fused-ring (bicyclic) bond motifs is 3. The van der Waals surface area contributed by atoms with E-state index in [1.807, 2.05) is 0 Å². The van der Waals surface area contributed by atoms with Crippen molar-refractivity contribution in [3.63, 3.8) is 0 Å². The highest BCUT2D eigenvalue weighted by atomic mass is 16.5. The Morgan fingerprint density at radius 3 is 2.76 bits per heavy atom. The van der Waals surface area contributed by atoms with Crippen molar-refractivity contribution in [2.75, 3.05) is 20.3 Å². The lowest BCUT2D eigenvalue weighted by Crippen LogP contribution is -2.18. The molecule has 9 heteroatoms. The largest absolute Gasteiger partial charge is 0.465 e. The van der Waals surface area contributed by atoms with Gasteiger partial charge in [0.05, 0.1) is 48.0 Å². The highest BCUT2D eigenvalue weighted by molar-refractivity contribution is 6.02. The Hall–Kier alpha value is -4.03. The molecule has 4 heterocycles. The molecular weight excluding hydrogens is 422 g/mol. The van der Waals surface area contributed by atoms with Gasteiger partial charge in [0, 0.05) is 37.1 Å². The molecule has 1 fully saturated rings. The van der Waals surface area contributed by atoms with E-state index in [4.69, 9.17) is 10.00 Å². The van der Waals surface area contributed by atoms with E-state index in [1.165, 1.54) is 38.6 Å². The summed E-state index contributed by atoms with van der Waals surface area (Å²) in [6.07, 6.45) is 8.63. The van der Waals surface area contributed by atoms with Gasteiger partial charge in [-0.15, -0.1) is 0 Å². The lowest BCUT2D eigenvalue weighted by Gasteiger charge is -2.08. The van der Waals surface area contributed by atoms with Crippen molar-refractivity contribution in [1.29, 1.82) is 5.26 Å². The fourth-order valence-corrected chi connectivity index (χ4v) is 3.60. The van der Waals surface area contributed by atoms with Crippen LogP contribution in [0, 0.1) is 11.3 Å². The number of hydrogen-bond donors (Lipinski definition) is 1. The number of aromatic nitrogens is 4. The molecule has 0 atom stereocenters. The maximum Gasteiger partial charge on any atom is 0.343 e. The molecule has 0 spiro atoms. The maximum absolute atomic E-state index is 11.8. The van der Waals surface area contributed by atoms with E-state index in [2.05, 4.69) is 25.8 Å². The van der Waals surface area contributed by atoms with E-state index in [0.717, 1.165) is 29.6 Å². The number of methoxy groups -OCH3 is 1. The third-order valence-corrected chi connectivity index (χ3v) is 5.29. The van der Waals surface area contributed by atoms with Crippen LogP contribution >= 0.6 is 0 Å². The number of carbonyl (C=O) groups is 1. The number of imidazole rings is 1. The van der Waals surface area contributed by atoms with E-state index >= 15 is 0 Å². The monoisotopic (exact) mass is 445 g/mol. The Morgan fingerprint density at radius 1 is 1.27 bits per heavy atom. The molecule has 9 nitrogen and oxygen atoms in total. The summed E-state index contributed by atoms with van der Waals surface area (Å²) in [7, 11) is 1.23. The number of rotatable bonds is 3. The number of benzene rings is 1. The molecule has 0 radical (unpaired) electrons. The van der Waals surface area contributed by atoms with Gasteiger partial charge in [0.2, 0.25) is 0 Å². The summed E-state index contributed by atoms with van der Waals surface area (Å²) in [4.78, 5) is 35.7. The SMILES string of the molecule is C1CCOCC1.COC(=O)c1cn(Cc2nc3c(cnc4ccc(C#N)cc43)[nH]2)ccc1=O. The van der Waals surface area contributed by atoms with Crippen molar-refractivity contribution in [3.05, 3.63) is 70.0 Å². The summed E-state index contributed by atoms with van der Waals surface area (Å²) in [5.41, 5.74) is 2.28. The van der Waals surface area contributed by atoms with Gasteiger partial charge in [-0.1, -0.05) is 0 Å². The Balaban J connectivity index is 0.000000376. The fraction of sp³-hybridized carbons (Fsp3) is 0.292. The zero-order valence-electron chi connectivity index (χ0n) is 18.2. The molecule has 5 rings (SSSR count). The Morgan fingerprint density at radius 2 is 2.09 bits per heavy atom. The molecule has 168 valence electrons. The summed E-state index contributed by atoms with van der Waals surface area (Å²) in [5.74, 6) is -0.0562. The molecule has 1 N–H and O–H groups in total. The van der Waals surface area contributed by atoms with Crippen LogP contribution < -0.4 is 5.43 Å². The third kappa shape index (κ3) is 5.07. The normalized spacial score (nSPS) is 13.2. The van der Waals surface area contributed by atoms with Gasteiger partial charge in [-0.3, -0.25) is 9.78 Å². The van der Waals surface area contributed by atoms with Gasteiger partial charge in [0.1, 0.15) is 11.4 Å². The summed E-state index contributed by atoms with van der Waals surface area (Å²) < 4.78 is 11.4. The first-order chi connectivity index (χ1) is 16.1. The smallest absolute Gasteiger partial charge is 0.343 e. The van der Waals surface area contributed by atoms with Crippen LogP contribution in [0.3, 0.4) is 0 Å². The van der Waals surface area contributed by atoms with Crippen molar-refractivity contribution >= 4 is 27.9 Å². The predicted molar refractivity (Wildman–Crippen MR) is 122 cm³/mol. The highest BCUT2D eigenvalue weighted by Crippen LogP contribution is 2.23. The predicted octanol–water partition coefficient (Wildman–Crippen LogP) is 3.17. The molecule has 1 aliphatic rings. The molecule has 3 aromatic heterocycles. The lowest BCUT2D eigenvalue weighted by atomic mass is 10.1. The second-order valence-corrected chi connectivity index (χ2v) is 7.61. The quantitative estimate of drug-likeness (QED) is 0.481. The molecule has 0 saturated carbocycles. The van der Waals surface area contributed by atoms with E-state index in [-0.39, 0.29) is 5.56 Å². The minimum Gasteiger partial charge on any atom is -0.465 e. The molecule has 0 amide bonds.